The van der Waals surface area contributed by atoms with Crippen molar-refractivity contribution in [1.29, 1.82) is 0 Å². The van der Waals surface area contributed by atoms with Crippen molar-refractivity contribution in [2.45, 2.75) is 56.5 Å². The van der Waals surface area contributed by atoms with E-state index in [1.165, 1.54) is 17.3 Å². The molecule has 5 nitrogen and oxygen atoms in total. The predicted molar refractivity (Wildman–Crippen MR) is 104 cm³/mol. The second-order valence-corrected chi connectivity index (χ2v) is 9.55. The van der Waals surface area contributed by atoms with Gasteiger partial charge in [-0.2, -0.15) is 5.10 Å². The predicted octanol–water partition coefficient (Wildman–Crippen LogP) is 3.96. The Bertz CT molecular complexity index is 958. The van der Waals surface area contributed by atoms with Crippen molar-refractivity contribution in [2.75, 3.05) is 12.4 Å². The third kappa shape index (κ3) is 2.38. The molecule has 2 atom stereocenters. The van der Waals surface area contributed by atoms with Crippen LogP contribution in [-0.4, -0.2) is 33.3 Å². The lowest BCUT2D eigenvalue weighted by Crippen LogP contribution is -2.32. The van der Waals surface area contributed by atoms with Gasteiger partial charge in [-0.1, -0.05) is 44.7 Å². The van der Waals surface area contributed by atoms with E-state index in [-0.39, 0.29) is 16.6 Å². The molecule has 0 unspecified atom stereocenters. The van der Waals surface area contributed by atoms with Crippen molar-refractivity contribution in [3.05, 3.63) is 40.7 Å². The fourth-order valence-corrected chi connectivity index (χ4v) is 5.66. The third-order valence-corrected chi connectivity index (χ3v) is 7.96. The average molecular weight is 382 g/mol. The number of thioether (sulfide) groups is 1. The van der Waals surface area contributed by atoms with Gasteiger partial charge in [-0.05, 0) is 29.9 Å². The molecule has 0 radical (unpaired) electrons. The number of hydrogen-bond donors (Lipinski definition) is 0. The van der Waals surface area contributed by atoms with E-state index in [9.17, 15) is 4.79 Å². The summed E-state index contributed by atoms with van der Waals surface area (Å²) in [7, 11) is 0. The Balaban J connectivity index is 1.34. The number of aromatic nitrogens is 3. The van der Waals surface area contributed by atoms with Crippen LogP contribution < -0.4 is 4.74 Å². The van der Waals surface area contributed by atoms with Gasteiger partial charge in [-0.3, -0.25) is 4.79 Å². The van der Waals surface area contributed by atoms with Crippen molar-refractivity contribution in [3.8, 4) is 5.75 Å². The van der Waals surface area contributed by atoms with Crippen LogP contribution in [0.3, 0.4) is 0 Å². The summed E-state index contributed by atoms with van der Waals surface area (Å²) in [6.45, 7) is 7.64. The first kappa shape index (κ1) is 17.2. The molecule has 1 aliphatic heterocycles. The number of hydrogen-bond acceptors (Lipinski definition) is 6. The minimum absolute atomic E-state index is 0.0551. The van der Waals surface area contributed by atoms with Crippen molar-refractivity contribution >= 4 is 17.5 Å². The molecule has 1 aromatic carbocycles. The summed E-state index contributed by atoms with van der Waals surface area (Å²) in [6, 6.07) is 5.74. The van der Waals surface area contributed by atoms with Gasteiger partial charge in [-0.25, -0.2) is 4.98 Å². The molecule has 27 heavy (non-hydrogen) atoms. The maximum atomic E-state index is 12.6. The minimum Gasteiger partial charge on any atom is -0.493 e. The molecular formula is C21H23N3O2S. The lowest BCUT2D eigenvalue weighted by atomic mass is 9.70. The standard InChI is InChI=1S/C21H23N3O2S/c1-20(2)14-6-8-21(20,3)18-17(14)23-24-19(22-18)27-11-15(25)13-5-4-12-7-9-26-16(12)10-13/h4-5,10,14H,6-9,11H2,1-3H3/t14-,21-/m1/s1. The fourth-order valence-electron chi connectivity index (χ4n) is 4.98. The van der Waals surface area contributed by atoms with Crippen molar-refractivity contribution in [2.24, 2.45) is 5.41 Å². The Morgan fingerprint density at radius 2 is 2.15 bits per heavy atom. The number of fused-ring (bicyclic) bond motifs is 6. The lowest BCUT2D eigenvalue weighted by Gasteiger charge is -2.33. The Labute approximate surface area is 163 Å². The number of nitrogens with zero attached hydrogens (tertiary/aromatic N) is 3. The molecule has 1 aromatic heterocycles. The maximum Gasteiger partial charge on any atom is 0.209 e. The highest BCUT2D eigenvalue weighted by atomic mass is 32.2. The molecule has 0 amide bonds. The first-order valence-electron chi connectivity index (χ1n) is 9.57. The van der Waals surface area contributed by atoms with Crippen LogP contribution in [0.5, 0.6) is 5.75 Å². The van der Waals surface area contributed by atoms with Gasteiger partial charge in [0.15, 0.2) is 5.78 Å². The van der Waals surface area contributed by atoms with E-state index in [1.807, 2.05) is 18.2 Å². The quantitative estimate of drug-likeness (QED) is 0.590. The summed E-state index contributed by atoms with van der Waals surface area (Å²) in [5, 5.41) is 9.43. The summed E-state index contributed by atoms with van der Waals surface area (Å²) in [4.78, 5) is 17.4. The first-order chi connectivity index (χ1) is 12.9. The van der Waals surface area contributed by atoms with Crippen LogP contribution in [-0.2, 0) is 11.8 Å². The van der Waals surface area contributed by atoms with Crippen LogP contribution in [0, 0.1) is 5.41 Å². The van der Waals surface area contributed by atoms with Crippen LogP contribution in [0.2, 0.25) is 0 Å². The van der Waals surface area contributed by atoms with E-state index in [0.717, 1.165) is 36.4 Å². The van der Waals surface area contributed by atoms with E-state index in [4.69, 9.17) is 9.72 Å². The van der Waals surface area contributed by atoms with Crippen LogP contribution >= 0.6 is 11.8 Å². The Morgan fingerprint density at radius 3 is 3.00 bits per heavy atom. The van der Waals surface area contributed by atoms with Gasteiger partial charge >= 0.3 is 0 Å². The maximum absolute atomic E-state index is 12.6. The summed E-state index contributed by atoms with van der Waals surface area (Å²) >= 11 is 1.37. The molecular weight excluding hydrogens is 358 g/mol. The second kappa shape index (κ2) is 5.77. The van der Waals surface area contributed by atoms with Gasteiger partial charge in [0.25, 0.3) is 0 Å². The molecule has 1 fully saturated rings. The molecule has 2 aliphatic carbocycles. The molecule has 2 aromatic rings. The number of ether oxygens (including phenoxy) is 1. The summed E-state index contributed by atoms with van der Waals surface area (Å²) in [5.41, 5.74) is 4.25. The highest BCUT2D eigenvalue weighted by Crippen LogP contribution is 2.66. The van der Waals surface area contributed by atoms with E-state index < -0.39 is 0 Å². The number of rotatable bonds is 4. The van der Waals surface area contributed by atoms with Crippen molar-refractivity contribution in [3.63, 3.8) is 0 Å². The normalized spacial score (nSPS) is 26.6. The van der Waals surface area contributed by atoms with Crippen LogP contribution in [0.1, 0.15) is 66.8 Å². The summed E-state index contributed by atoms with van der Waals surface area (Å²) < 4.78 is 5.57. The largest absolute Gasteiger partial charge is 0.493 e. The number of carbonyl (C=O) groups is 1. The zero-order chi connectivity index (χ0) is 18.8. The molecule has 0 spiro atoms. The van der Waals surface area contributed by atoms with E-state index in [0.29, 0.717) is 29.0 Å². The number of Topliss-reactive ketones (excluding diaryl/α,β-unsaturated/α-hetero) is 1. The molecule has 140 valence electrons. The number of carbonyl (C=O) groups excluding carboxylic acids is 1. The molecule has 0 N–H and O–H groups in total. The number of ketones is 1. The highest BCUT2D eigenvalue weighted by Gasteiger charge is 2.61. The van der Waals surface area contributed by atoms with E-state index in [1.54, 1.807) is 0 Å². The van der Waals surface area contributed by atoms with Crippen LogP contribution in [0.25, 0.3) is 0 Å². The second-order valence-electron chi connectivity index (χ2n) is 8.61. The Hall–Kier alpha value is -1.95. The first-order valence-corrected chi connectivity index (χ1v) is 10.6. The molecule has 6 heteroatoms. The molecule has 2 heterocycles. The van der Waals surface area contributed by atoms with Crippen LogP contribution in [0.15, 0.2) is 23.4 Å². The van der Waals surface area contributed by atoms with Gasteiger partial charge < -0.3 is 4.74 Å². The van der Waals surface area contributed by atoms with Gasteiger partial charge in [0.2, 0.25) is 5.16 Å². The van der Waals surface area contributed by atoms with Gasteiger partial charge in [0.1, 0.15) is 5.75 Å². The number of benzene rings is 1. The zero-order valence-corrected chi connectivity index (χ0v) is 16.7. The zero-order valence-electron chi connectivity index (χ0n) is 15.9. The fraction of sp³-hybridized carbons (Fsp3) is 0.524. The third-order valence-electron chi connectivity index (χ3n) is 7.12. The summed E-state index contributed by atoms with van der Waals surface area (Å²) in [5.74, 6) is 1.66. The lowest BCUT2D eigenvalue weighted by molar-refractivity contribution is 0.102. The molecule has 1 saturated carbocycles. The average Bonchev–Trinajstić information content (AvgIpc) is 3.26. The van der Waals surface area contributed by atoms with Gasteiger partial charge in [0.05, 0.1) is 23.7 Å². The topological polar surface area (TPSA) is 65.0 Å². The molecule has 5 rings (SSSR count). The molecule has 3 aliphatic rings. The van der Waals surface area contributed by atoms with Crippen LogP contribution in [0.4, 0.5) is 0 Å². The SMILES string of the molecule is CC1(C)[C@@H]2CC[C@]1(C)c1nc(SCC(=O)c3ccc4c(c3)OCC4)nnc12. The van der Waals surface area contributed by atoms with Gasteiger partial charge in [0, 0.05) is 23.3 Å². The van der Waals surface area contributed by atoms with Gasteiger partial charge in [-0.15, -0.1) is 5.10 Å². The monoisotopic (exact) mass is 381 g/mol. The van der Waals surface area contributed by atoms with Crippen molar-refractivity contribution in [1.82, 2.24) is 15.2 Å². The summed E-state index contributed by atoms with van der Waals surface area (Å²) in [6.07, 6.45) is 3.23. The Morgan fingerprint density at radius 1 is 1.30 bits per heavy atom. The van der Waals surface area contributed by atoms with E-state index >= 15 is 0 Å². The molecule has 2 bridgehead atoms. The van der Waals surface area contributed by atoms with Crippen molar-refractivity contribution < 1.29 is 9.53 Å². The Kier molecular flexibility index (Phi) is 3.67. The van der Waals surface area contributed by atoms with E-state index in [2.05, 4.69) is 31.0 Å². The highest BCUT2D eigenvalue weighted by molar-refractivity contribution is 7.99. The minimum atomic E-state index is 0.0551. The smallest absolute Gasteiger partial charge is 0.209 e. The molecule has 0 saturated heterocycles.